The van der Waals surface area contributed by atoms with Crippen LogP contribution in [-0.2, 0) is 27.2 Å². The standard InChI is InChI=1S/C20H20N2O7S/c1-26-19(24)16-11-7-8-22(20(25)27-2)9-15(11)30-18(16)21-17(23)14-10-28-12-5-3-4-6-13(12)29-14/h3-6,14H,7-10H2,1-2H3,(H,21,23)/t14-/m1/s1. The fraction of sp³-hybridized carbons (Fsp3) is 0.350. The first-order valence-electron chi connectivity index (χ1n) is 9.27. The van der Waals surface area contributed by atoms with Crippen LogP contribution >= 0.6 is 11.3 Å². The van der Waals surface area contributed by atoms with E-state index in [0.29, 0.717) is 41.6 Å². The van der Waals surface area contributed by atoms with E-state index in [1.54, 1.807) is 23.1 Å². The van der Waals surface area contributed by atoms with E-state index in [1.165, 1.54) is 25.6 Å². The summed E-state index contributed by atoms with van der Waals surface area (Å²) in [5, 5.41) is 3.15. The van der Waals surface area contributed by atoms with Crippen molar-refractivity contribution in [1.29, 1.82) is 0 Å². The molecule has 2 aromatic rings. The maximum atomic E-state index is 12.8. The number of para-hydroxylation sites is 2. The second kappa shape index (κ2) is 8.23. The van der Waals surface area contributed by atoms with Crippen molar-refractivity contribution in [3.05, 3.63) is 40.3 Å². The zero-order valence-corrected chi connectivity index (χ0v) is 17.2. The summed E-state index contributed by atoms with van der Waals surface area (Å²) < 4.78 is 21.0. The summed E-state index contributed by atoms with van der Waals surface area (Å²) >= 11 is 1.24. The largest absolute Gasteiger partial charge is 0.485 e. The maximum Gasteiger partial charge on any atom is 0.409 e. The van der Waals surface area contributed by atoms with Gasteiger partial charge in [-0.05, 0) is 24.1 Å². The molecule has 0 unspecified atom stereocenters. The number of nitrogens with one attached hydrogen (secondary N) is 1. The van der Waals surface area contributed by atoms with Crippen molar-refractivity contribution in [1.82, 2.24) is 4.90 Å². The molecule has 4 rings (SSSR count). The Balaban J connectivity index is 1.57. The molecule has 0 bridgehead atoms. The second-order valence-corrected chi connectivity index (χ2v) is 7.80. The van der Waals surface area contributed by atoms with Crippen LogP contribution in [0.25, 0.3) is 0 Å². The summed E-state index contributed by atoms with van der Waals surface area (Å²) in [5.74, 6) is 0.0844. The van der Waals surface area contributed by atoms with Crippen molar-refractivity contribution in [3.63, 3.8) is 0 Å². The zero-order chi connectivity index (χ0) is 21.3. The first-order valence-corrected chi connectivity index (χ1v) is 10.1. The molecule has 30 heavy (non-hydrogen) atoms. The molecule has 158 valence electrons. The number of anilines is 1. The Morgan fingerprint density at radius 2 is 1.93 bits per heavy atom. The Morgan fingerprint density at radius 3 is 2.67 bits per heavy atom. The van der Waals surface area contributed by atoms with Crippen LogP contribution in [-0.4, -0.2) is 56.3 Å². The lowest BCUT2D eigenvalue weighted by Gasteiger charge is -2.25. The molecule has 0 saturated carbocycles. The second-order valence-electron chi connectivity index (χ2n) is 6.69. The average molecular weight is 432 g/mol. The van der Waals surface area contributed by atoms with Gasteiger partial charge in [-0.15, -0.1) is 11.3 Å². The third-order valence-corrected chi connectivity index (χ3v) is 6.05. The molecule has 3 heterocycles. The van der Waals surface area contributed by atoms with Crippen LogP contribution in [0.3, 0.4) is 0 Å². The predicted octanol–water partition coefficient (Wildman–Crippen LogP) is 2.44. The summed E-state index contributed by atoms with van der Waals surface area (Å²) in [6, 6.07) is 7.09. The van der Waals surface area contributed by atoms with E-state index in [4.69, 9.17) is 18.9 Å². The lowest BCUT2D eigenvalue weighted by atomic mass is 10.0. The van der Waals surface area contributed by atoms with Gasteiger partial charge < -0.3 is 29.2 Å². The Kier molecular flexibility index (Phi) is 5.49. The summed E-state index contributed by atoms with van der Waals surface area (Å²) in [4.78, 5) is 39.5. The van der Waals surface area contributed by atoms with Gasteiger partial charge in [0.25, 0.3) is 5.91 Å². The molecule has 1 N–H and O–H groups in total. The third-order valence-electron chi connectivity index (χ3n) is 4.92. The Morgan fingerprint density at radius 1 is 1.17 bits per heavy atom. The highest BCUT2D eigenvalue weighted by molar-refractivity contribution is 7.17. The minimum absolute atomic E-state index is 0.0532. The van der Waals surface area contributed by atoms with E-state index in [9.17, 15) is 14.4 Å². The fourth-order valence-electron chi connectivity index (χ4n) is 3.44. The fourth-order valence-corrected chi connectivity index (χ4v) is 4.69. The van der Waals surface area contributed by atoms with Crippen LogP contribution in [0.5, 0.6) is 11.5 Å². The van der Waals surface area contributed by atoms with Gasteiger partial charge in [0.2, 0.25) is 6.10 Å². The molecule has 10 heteroatoms. The molecule has 1 aromatic carbocycles. The van der Waals surface area contributed by atoms with Crippen molar-refractivity contribution < 1.29 is 33.3 Å². The number of rotatable bonds is 3. The number of ether oxygens (including phenoxy) is 4. The molecular weight excluding hydrogens is 412 g/mol. The van der Waals surface area contributed by atoms with Gasteiger partial charge in [0.15, 0.2) is 11.5 Å². The number of carbonyl (C=O) groups is 3. The lowest BCUT2D eigenvalue weighted by molar-refractivity contribution is -0.125. The Labute approximate surface area is 176 Å². The van der Waals surface area contributed by atoms with E-state index in [0.717, 1.165) is 10.4 Å². The summed E-state index contributed by atoms with van der Waals surface area (Å²) in [6.07, 6.45) is -0.848. The molecule has 2 amide bonds. The molecule has 0 fully saturated rings. The van der Waals surface area contributed by atoms with Crippen LogP contribution in [0.2, 0.25) is 0 Å². The lowest BCUT2D eigenvalue weighted by Crippen LogP contribution is -2.40. The van der Waals surface area contributed by atoms with Crippen LogP contribution in [0.15, 0.2) is 24.3 Å². The number of hydrogen-bond donors (Lipinski definition) is 1. The molecular formula is C20H20N2O7S. The quantitative estimate of drug-likeness (QED) is 0.743. The topological polar surface area (TPSA) is 103 Å². The molecule has 9 nitrogen and oxygen atoms in total. The molecule has 0 radical (unpaired) electrons. The number of nitrogens with zero attached hydrogens (tertiary/aromatic N) is 1. The van der Waals surface area contributed by atoms with Gasteiger partial charge in [0.05, 0.1) is 26.3 Å². The first-order chi connectivity index (χ1) is 14.5. The number of carbonyl (C=O) groups excluding carboxylic acids is 3. The van der Waals surface area contributed by atoms with E-state index in [1.807, 2.05) is 6.07 Å². The SMILES string of the molecule is COC(=O)c1c(NC(=O)[C@H]2COc3ccccc3O2)sc2c1CCN(C(=O)OC)C2. The third kappa shape index (κ3) is 3.65. The van der Waals surface area contributed by atoms with Crippen molar-refractivity contribution in [3.8, 4) is 11.5 Å². The molecule has 2 aliphatic heterocycles. The number of esters is 1. The van der Waals surface area contributed by atoms with E-state index in [2.05, 4.69) is 5.32 Å². The van der Waals surface area contributed by atoms with Gasteiger partial charge in [0, 0.05) is 11.4 Å². The van der Waals surface area contributed by atoms with Crippen LogP contribution in [0.1, 0.15) is 20.8 Å². The molecule has 0 spiro atoms. The van der Waals surface area contributed by atoms with E-state index >= 15 is 0 Å². The maximum absolute atomic E-state index is 12.8. The summed E-state index contributed by atoms with van der Waals surface area (Å²) in [6.45, 7) is 0.755. The minimum Gasteiger partial charge on any atom is -0.485 e. The van der Waals surface area contributed by atoms with Gasteiger partial charge in [-0.25, -0.2) is 9.59 Å². The Hall–Kier alpha value is -3.27. The van der Waals surface area contributed by atoms with Crippen molar-refractivity contribution >= 4 is 34.3 Å². The molecule has 1 aromatic heterocycles. The number of amides is 2. The van der Waals surface area contributed by atoms with Gasteiger partial charge in [-0.2, -0.15) is 0 Å². The number of benzene rings is 1. The van der Waals surface area contributed by atoms with Crippen molar-refractivity contribution in [2.24, 2.45) is 0 Å². The van der Waals surface area contributed by atoms with Gasteiger partial charge in [-0.1, -0.05) is 12.1 Å². The molecule has 2 aliphatic rings. The van der Waals surface area contributed by atoms with E-state index < -0.39 is 24.1 Å². The number of methoxy groups -OCH3 is 2. The smallest absolute Gasteiger partial charge is 0.409 e. The van der Waals surface area contributed by atoms with Crippen LogP contribution < -0.4 is 14.8 Å². The van der Waals surface area contributed by atoms with E-state index in [-0.39, 0.29) is 6.61 Å². The molecule has 0 saturated heterocycles. The monoisotopic (exact) mass is 432 g/mol. The zero-order valence-electron chi connectivity index (χ0n) is 16.4. The summed E-state index contributed by atoms with van der Waals surface area (Å²) in [5.41, 5.74) is 1.08. The van der Waals surface area contributed by atoms with Gasteiger partial charge in [0.1, 0.15) is 11.6 Å². The highest BCUT2D eigenvalue weighted by Gasteiger charge is 2.33. The van der Waals surface area contributed by atoms with Gasteiger partial charge in [-0.3, -0.25) is 4.79 Å². The van der Waals surface area contributed by atoms with Gasteiger partial charge >= 0.3 is 12.1 Å². The highest BCUT2D eigenvalue weighted by atomic mass is 32.1. The number of thiophene rings is 1. The highest BCUT2D eigenvalue weighted by Crippen LogP contribution is 2.38. The normalized spacial score (nSPS) is 17.0. The van der Waals surface area contributed by atoms with Crippen molar-refractivity contribution in [2.45, 2.75) is 19.1 Å². The Bertz CT molecular complexity index is 1000. The number of fused-ring (bicyclic) bond motifs is 2. The molecule has 0 aliphatic carbocycles. The summed E-state index contributed by atoms with van der Waals surface area (Å²) in [7, 11) is 2.61. The predicted molar refractivity (Wildman–Crippen MR) is 107 cm³/mol. The van der Waals surface area contributed by atoms with Crippen LogP contribution in [0, 0.1) is 0 Å². The first kappa shape index (κ1) is 20.0. The average Bonchev–Trinajstić information content (AvgIpc) is 3.14. The minimum atomic E-state index is -0.865. The number of hydrogen-bond acceptors (Lipinski definition) is 8. The molecule has 1 atom stereocenters. The van der Waals surface area contributed by atoms with Crippen molar-refractivity contribution in [2.75, 3.05) is 32.7 Å². The van der Waals surface area contributed by atoms with Crippen LogP contribution in [0.4, 0.5) is 9.80 Å².